The lowest BCUT2D eigenvalue weighted by molar-refractivity contribution is 0.203. The highest BCUT2D eigenvalue weighted by atomic mass is 16.5. The number of nitriles is 1. The van der Waals surface area contributed by atoms with Crippen molar-refractivity contribution < 1.29 is 14.1 Å². The Labute approximate surface area is 204 Å². The number of aromatic nitrogens is 2. The van der Waals surface area contributed by atoms with Crippen LogP contribution in [-0.2, 0) is 6.42 Å². The lowest BCUT2D eigenvalue weighted by atomic mass is 10.0. The number of carbonyl (C=O) groups excluding carboxylic acids is 1. The molecule has 1 aliphatic carbocycles. The van der Waals surface area contributed by atoms with Crippen molar-refractivity contribution in [1.82, 2.24) is 20.4 Å². The third-order valence-corrected chi connectivity index (χ3v) is 6.66. The summed E-state index contributed by atoms with van der Waals surface area (Å²) in [4.78, 5) is 19.3. The summed E-state index contributed by atoms with van der Waals surface area (Å²) in [6.45, 7) is 7.64. The second-order valence-electron chi connectivity index (χ2n) is 9.67. The van der Waals surface area contributed by atoms with Gasteiger partial charge in [0.1, 0.15) is 11.8 Å². The first kappa shape index (κ1) is 22.9. The predicted octanol–water partition coefficient (Wildman–Crippen LogP) is 5.10. The number of nitrogens with one attached hydrogen (secondary N) is 1. The zero-order valence-electron chi connectivity index (χ0n) is 20.2. The molecule has 8 heteroatoms. The van der Waals surface area contributed by atoms with Gasteiger partial charge in [-0.1, -0.05) is 30.3 Å². The average Bonchev–Trinajstić information content (AvgIpc) is 3.59. The lowest BCUT2D eigenvalue weighted by Crippen LogP contribution is -2.39. The molecule has 2 aromatic carbocycles. The Hall–Kier alpha value is -3.86. The number of rotatable bonds is 5. The zero-order valence-corrected chi connectivity index (χ0v) is 20.2. The predicted molar refractivity (Wildman–Crippen MR) is 131 cm³/mol. The highest BCUT2D eigenvalue weighted by Crippen LogP contribution is 2.38. The highest BCUT2D eigenvalue weighted by Gasteiger charge is 2.30. The number of carbonyl (C=O) groups is 1. The van der Waals surface area contributed by atoms with E-state index in [0.717, 1.165) is 49.0 Å². The molecule has 5 rings (SSSR count). The van der Waals surface area contributed by atoms with Gasteiger partial charge in [0.05, 0.1) is 17.7 Å². The number of urea groups is 1. The van der Waals surface area contributed by atoms with Crippen LogP contribution in [0.3, 0.4) is 0 Å². The minimum Gasteiger partial charge on any atom is -0.490 e. The van der Waals surface area contributed by atoms with Crippen LogP contribution in [0.2, 0.25) is 0 Å². The van der Waals surface area contributed by atoms with Crippen molar-refractivity contribution in [2.24, 2.45) is 5.92 Å². The minimum absolute atomic E-state index is 0.0117. The highest BCUT2D eigenvalue weighted by molar-refractivity contribution is 5.76. The molecule has 0 unspecified atom stereocenters. The number of likely N-dealkylation sites (tertiary alicyclic amines) is 1. The normalized spacial score (nSPS) is 19.0. The van der Waals surface area contributed by atoms with Crippen molar-refractivity contribution in [2.75, 3.05) is 13.1 Å². The molecular formula is C27H29N5O3. The smallest absolute Gasteiger partial charge is 0.317 e. The molecule has 0 radical (unpaired) electrons. The molecule has 0 saturated carbocycles. The zero-order chi connectivity index (χ0) is 24.5. The Morgan fingerprint density at radius 3 is 2.89 bits per heavy atom. The van der Waals surface area contributed by atoms with Gasteiger partial charge in [0.2, 0.25) is 5.82 Å². The molecule has 2 heterocycles. The van der Waals surface area contributed by atoms with E-state index in [4.69, 9.17) is 9.26 Å². The van der Waals surface area contributed by atoms with Gasteiger partial charge in [-0.15, -0.1) is 0 Å². The molecule has 0 bridgehead atoms. The van der Waals surface area contributed by atoms with Crippen LogP contribution in [0.4, 0.5) is 4.79 Å². The third kappa shape index (κ3) is 4.59. The second-order valence-corrected chi connectivity index (χ2v) is 9.67. The summed E-state index contributed by atoms with van der Waals surface area (Å²) in [5.74, 6) is 1.93. The first-order valence-corrected chi connectivity index (χ1v) is 12.2. The van der Waals surface area contributed by atoms with E-state index >= 15 is 0 Å². The maximum atomic E-state index is 12.8. The Morgan fingerprint density at radius 2 is 2.14 bits per heavy atom. The van der Waals surface area contributed by atoms with Gasteiger partial charge in [-0.25, -0.2) is 4.79 Å². The van der Waals surface area contributed by atoms with Crippen LogP contribution in [0.1, 0.15) is 56.3 Å². The maximum Gasteiger partial charge on any atom is 0.317 e. The summed E-state index contributed by atoms with van der Waals surface area (Å²) < 4.78 is 11.3. The van der Waals surface area contributed by atoms with E-state index in [-0.39, 0.29) is 18.2 Å². The molecule has 1 fully saturated rings. The summed E-state index contributed by atoms with van der Waals surface area (Å²) in [6, 6.07) is 13.5. The van der Waals surface area contributed by atoms with E-state index in [1.54, 1.807) is 12.1 Å². The van der Waals surface area contributed by atoms with Crippen molar-refractivity contribution in [1.29, 1.82) is 5.26 Å². The first-order valence-electron chi connectivity index (χ1n) is 12.2. The van der Waals surface area contributed by atoms with Crippen LogP contribution >= 0.6 is 0 Å². The van der Waals surface area contributed by atoms with Gasteiger partial charge in [-0.05, 0) is 68.4 Å². The summed E-state index contributed by atoms with van der Waals surface area (Å²) in [6.07, 6.45) is 2.70. The van der Waals surface area contributed by atoms with Crippen LogP contribution in [0, 0.1) is 17.2 Å². The molecule has 1 saturated heterocycles. The van der Waals surface area contributed by atoms with Gasteiger partial charge in [0.25, 0.3) is 5.89 Å². The molecule has 0 spiro atoms. The SMILES string of the molecule is CC(C)Oc1ccc(-c2nc(-c3cccc4c3CC[C@@H]4NC(=O)N3CC[C@H](C)C3)no2)cc1C#N. The number of nitrogens with zero attached hydrogens (tertiary/aromatic N) is 4. The van der Waals surface area contributed by atoms with Gasteiger partial charge < -0.3 is 19.5 Å². The monoisotopic (exact) mass is 471 g/mol. The summed E-state index contributed by atoms with van der Waals surface area (Å²) in [5, 5.41) is 17.0. The molecule has 35 heavy (non-hydrogen) atoms. The lowest BCUT2D eigenvalue weighted by Gasteiger charge is -2.21. The number of hydrogen-bond acceptors (Lipinski definition) is 6. The van der Waals surface area contributed by atoms with Crippen LogP contribution in [-0.4, -0.2) is 40.3 Å². The van der Waals surface area contributed by atoms with E-state index in [2.05, 4.69) is 34.5 Å². The Balaban J connectivity index is 1.37. The van der Waals surface area contributed by atoms with Crippen molar-refractivity contribution >= 4 is 6.03 Å². The van der Waals surface area contributed by atoms with Gasteiger partial charge >= 0.3 is 6.03 Å². The average molecular weight is 472 g/mol. The summed E-state index contributed by atoms with van der Waals surface area (Å²) in [7, 11) is 0. The molecule has 2 atom stereocenters. The second kappa shape index (κ2) is 9.41. The van der Waals surface area contributed by atoms with Crippen LogP contribution in [0.15, 0.2) is 40.9 Å². The minimum atomic E-state index is -0.0318. The van der Waals surface area contributed by atoms with Crippen molar-refractivity contribution in [3.8, 4) is 34.7 Å². The molecule has 2 aliphatic rings. The topological polar surface area (TPSA) is 104 Å². The molecule has 8 nitrogen and oxygen atoms in total. The van der Waals surface area contributed by atoms with Gasteiger partial charge in [-0.2, -0.15) is 10.2 Å². The van der Waals surface area contributed by atoms with E-state index in [1.165, 1.54) is 0 Å². The third-order valence-electron chi connectivity index (χ3n) is 6.66. The number of benzene rings is 2. The fourth-order valence-electron chi connectivity index (χ4n) is 4.93. The molecule has 3 aromatic rings. The van der Waals surface area contributed by atoms with E-state index in [1.807, 2.05) is 36.9 Å². The first-order chi connectivity index (χ1) is 16.9. The van der Waals surface area contributed by atoms with Gasteiger partial charge in [-0.3, -0.25) is 0 Å². The quantitative estimate of drug-likeness (QED) is 0.555. The number of hydrogen-bond donors (Lipinski definition) is 1. The fourth-order valence-corrected chi connectivity index (χ4v) is 4.93. The number of fused-ring (bicyclic) bond motifs is 1. The number of amides is 2. The summed E-state index contributed by atoms with van der Waals surface area (Å²) >= 11 is 0. The molecule has 1 N–H and O–H groups in total. The molecule has 1 aliphatic heterocycles. The maximum absolute atomic E-state index is 12.8. The van der Waals surface area contributed by atoms with Crippen molar-refractivity contribution in [2.45, 2.75) is 52.2 Å². The standard InChI is InChI=1S/C27H29N5O3/c1-16(2)34-24-10-7-18(13-19(24)14-28)26-30-25(31-35-26)22-6-4-5-21-20(22)8-9-23(21)29-27(33)32-12-11-17(3)15-32/h4-7,10,13,16-17,23H,8-9,11-12,15H2,1-3H3,(H,29,33)/t17-,23-/m0/s1. The Bertz CT molecular complexity index is 1290. The van der Waals surface area contributed by atoms with Crippen LogP contribution < -0.4 is 10.1 Å². The molecule has 180 valence electrons. The molecule has 1 aromatic heterocycles. The number of ether oxygens (including phenoxy) is 1. The van der Waals surface area contributed by atoms with Crippen LogP contribution in [0.25, 0.3) is 22.8 Å². The van der Waals surface area contributed by atoms with Crippen molar-refractivity contribution in [3.63, 3.8) is 0 Å². The van der Waals surface area contributed by atoms with Crippen LogP contribution in [0.5, 0.6) is 5.75 Å². The van der Waals surface area contributed by atoms with E-state index < -0.39 is 0 Å². The summed E-state index contributed by atoms with van der Waals surface area (Å²) in [5.41, 5.74) is 4.23. The fraction of sp³-hybridized carbons (Fsp3) is 0.407. The molecular weight excluding hydrogens is 442 g/mol. The largest absolute Gasteiger partial charge is 0.490 e. The van der Waals surface area contributed by atoms with Crippen molar-refractivity contribution in [3.05, 3.63) is 53.1 Å². The Kier molecular flexibility index (Phi) is 6.16. The van der Waals surface area contributed by atoms with E-state index in [9.17, 15) is 10.1 Å². The van der Waals surface area contributed by atoms with Gasteiger partial charge in [0, 0.05) is 24.2 Å². The molecule has 2 amide bonds. The van der Waals surface area contributed by atoms with E-state index in [0.29, 0.717) is 34.5 Å². The Morgan fingerprint density at radius 1 is 1.29 bits per heavy atom. The van der Waals surface area contributed by atoms with Gasteiger partial charge in [0.15, 0.2) is 0 Å².